The van der Waals surface area contributed by atoms with Crippen LogP contribution in [0.25, 0.3) is 0 Å². The van der Waals surface area contributed by atoms with Crippen molar-refractivity contribution in [2.75, 3.05) is 23.4 Å². The van der Waals surface area contributed by atoms with Crippen LogP contribution in [0.1, 0.15) is 18.1 Å². The van der Waals surface area contributed by atoms with Crippen molar-refractivity contribution >= 4 is 29.1 Å². The van der Waals surface area contributed by atoms with Crippen LogP contribution in [0.5, 0.6) is 0 Å². The molecule has 0 saturated heterocycles. The average molecular weight is 507 g/mol. The highest BCUT2D eigenvalue weighted by Gasteiger charge is 2.34. The molecule has 3 amide bonds. The number of carbonyl (C=O) groups is 3. The molecule has 2 unspecified atom stereocenters. The lowest BCUT2D eigenvalue weighted by Gasteiger charge is -2.27. The molecule has 0 saturated carbocycles. The van der Waals surface area contributed by atoms with Crippen molar-refractivity contribution in [1.82, 2.24) is 10.6 Å². The molecule has 2 atom stereocenters. The zero-order valence-corrected chi connectivity index (χ0v) is 20.6. The van der Waals surface area contributed by atoms with E-state index in [4.69, 9.17) is 0 Å². The lowest BCUT2D eigenvalue weighted by Crippen LogP contribution is -2.53. The van der Waals surface area contributed by atoms with Crippen molar-refractivity contribution in [1.29, 1.82) is 0 Å². The summed E-state index contributed by atoms with van der Waals surface area (Å²) in [5.74, 6) is -4.20. The summed E-state index contributed by atoms with van der Waals surface area (Å²) < 4.78 is 26.8. The van der Waals surface area contributed by atoms with E-state index < -0.39 is 35.4 Å². The van der Waals surface area contributed by atoms with E-state index in [2.05, 4.69) is 10.6 Å². The Kier molecular flexibility index (Phi) is 7.81. The maximum Gasteiger partial charge on any atom is 0.251 e. The Balaban J connectivity index is 1.47. The maximum absolute atomic E-state index is 13.4. The number of fused-ring (bicyclic) bond motifs is 1. The number of amides is 3. The van der Waals surface area contributed by atoms with Crippen LogP contribution in [0.2, 0.25) is 0 Å². The highest BCUT2D eigenvalue weighted by molar-refractivity contribution is 6.05. The highest BCUT2D eigenvalue weighted by atomic mass is 19.1. The van der Waals surface area contributed by atoms with E-state index in [1.807, 2.05) is 59.5 Å². The molecule has 1 heterocycles. The van der Waals surface area contributed by atoms with Crippen molar-refractivity contribution in [2.24, 2.45) is 5.92 Å². The Bertz CT molecular complexity index is 1280. The molecular weight excluding hydrogens is 478 g/mol. The van der Waals surface area contributed by atoms with Crippen molar-refractivity contribution in [3.8, 4) is 0 Å². The van der Waals surface area contributed by atoms with Crippen LogP contribution in [0, 0.1) is 17.6 Å². The summed E-state index contributed by atoms with van der Waals surface area (Å²) >= 11 is 0. The van der Waals surface area contributed by atoms with Gasteiger partial charge in [0.05, 0.1) is 11.4 Å². The van der Waals surface area contributed by atoms with E-state index in [9.17, 15) is 23.2 Å². The molecule has 7 nitrogen and oxygen atoms in total. The Morgan fingerprint density at radius 1 is 0.919 bits per heavy atom. The first-order valence-corrected chi connectivity index (χ1v) is 11.9. The molecule has 3 aromatic rings. The summed E-state index contributed by atoms with van der Waals surface area (Å²) in [5.41, 5.74) is 2.84. The fourth-order valence-electron chi connectivity index (χ4n) is 4.30. The topological polar surface area (TPSA) is 81.8 Å². The van der Waals surface area contributed by atoms with E-state index in [1.54, 1.807) is 7.05 Å². The molecule has 37 heavy (non-hydrogen) atoms. The molecule has 1 aliphatic heterocycles. The lowest BCUT2D eigenvalue weighted by atomic mass is 10.1. The molecule has 0 spiro atoms. The van der Waals surface area contributed by atoms with Gasteiger partial charge in [0, 0.05) is 32.7 Å². The predicted octanol–water partition coefficient (Wildman–Crippen LogP) is 3.39. The number of halogens is 2. The van der Waals surface area contributed by atoms with E-state index in [0.717, 1.165) is 29.4 Å². The maximum atomic E-state index is 13.4. The number of likely N-dealkylation sites (N-methyl/N-ethyl adjacent to an activating group) is 1. The molecule has 0 fully saturated rings. The molecule has 9 heteroatoms. The van der Waals surface area contributed by atoms with Crippen LogP contribution < -0.4 is 20.4 Å². The van der Waals surface area contributed by atoms with Crippen molar-refractivity contribution in [2.45, 2.75) is 26.1 Å². The second-order valence-corrected chi connectivity index (χ2v) is 9.03. The van der Waals surface area contributed by atoms with Crippen molar-refractivity contribution < 1.29 is 23.2 Å². The van der Waals surface area contributed by atoms with E-state index in [0.29, 0.717) is 12.2 Å². The summed E-state index contributed by atoms with van der Waals surface area (Å²) in [6.07, 6.45) is 0. The molecular formula is C28H28F2N4O3. The standard InChI is InChI=1S/C28H28F2N4O3/c1-18(26(35)31-15-20-12-21(29)14-22(30)13-20)27(36)32-23-17-34(16-19-8-4-3-5-9-19)25-11-7-6-10-24(25)33(2)28(23)37/h3-14,18,23H,15-17H2,1-2H3,(H,31,35)(H,32,36). The highest BCUT2D eigenvalue weighted by Crippen LogP contribution is 2.32. The Morgan fingerprint density at radius 2 is 1.54 bits per heavy atom. The smallest absolute Gasteiger partial charge is 0.251 e. The van der Waals surface area contributed by atoms with Gasteiger partial charge in [-0.2, -0.15) is 0 Å². The molecule has 0 bridgehead atoms. The van der Waals surface area contributed by atoms with Gasteiger partial charge in [0.25, 0.3) is 5.91 Å². The van der Waals surface area contributed by atoms with Crippen LogP contribution in [-0.4, -0.2) is 37.4 Å². The van der Waals surface area contributed by atoms with Crippen molar-refractivity contribution in [3.05, 3.63) is 95.6 Å². The Labute approximate surface area is 214 Å². The van der Waals surface area contributed by atoms with E-state index >= 15 is 0 Å². The molecule has 4 rings (SSSR count). The summed E-state index contributed by atoms with van der Waals surface area (Å²) in [4.78, 5) is 42.5. The van der Waals surface area contributed by atoms with Gasteiger partial charge in [-0.3, -0.25) is 14.4 Å². The minimum atomic E-state index is -1.13. The van der Waals surface area contributed by atoms with Crippen LogP contribution in [-0.2, 0) is 27.5 Å². The zero-order valence-electron chi connectivity index (χ0n) is 20.6. The Morgan fingerprint density at radius 3 is 2.22 bits per heavy atom. The first-order chi connectivity index (χ1) is 17.7. The number of carbonyl (C=O) groups excluding carboxylic acids is 3. The largest absolute Gasteiger partial charge is 0.363 e. The van der Waals surface area contributed by atoms with Gasteiger partial charge in [-0.1, -0.05) is 42.5 Å². The van der Waals surface area contributed by atoms with Gasteiger partial charge in [-0.05, 0) is 42.3 Å². The Hall–Kier alpha value is -4.27. The molecule has 1 aliphatic rings. The summed E-state index contributed by atoms with van der Waals surface area (Å²) in [6, 6.07) is 19.3. The van der Waals surface area contributed by atoms with Crippen LogP contribution in [0.3, 0.4) is 0 Å². The summed E-state index contributed by atoms with van der Waals surface area (Å²) in [7, 11) is 1.65. The molecule has 0 aromatic heterocycles. The van der Waals surface area contributed by atoms with Crippen LogP contribution in [0.4, 0.5) is 20.2 Å². The fourth-order valence-corrected chi connectivity index (χ4v) is 4.30. The molecule has 0 aliphatic carbocycles. The monoisotopic (exact) mass is 506 g/mol. The quantitative estimate of drug-likeness (QED) is 0.482. The van der Waals surface area contributed by atoms with Gasteiger partial charge in [-0.15, -0.1) is 0 Å². The molecule has 192 valence electrons. The molecule has 2 N–H and O–H groups in total. The number of benzene rings is 3. The minimum absolute atomic E-state index is 0.142. The molecule has 0 radical (unpaired) electrons. The van der Waals surface area contributed by atoms with Crippen LogP contribution in [0.15, 0.2) is 72.8 Å². The van der Waals surface area contributed by atoms with Gasteiger partial charge in [-0.25, -0.2) is 8.78 Å². The van der Waals surface area contributed by atoms with Gasteiger partial charge >= 0.3 is 0 Å². The van der Waals surface area contributed by atoms with Crippen LogP contribution >= 0.6 is 0 Å². The van der Waals surface area contributed by atoms with Gasteiger partial charge < -0.3 is 20.4 Å². The number of rotatable bonds is 7. The number of hydrogen-bond acceptors (Lipinski definition) is 4. The number of nitrogens with zero attached hydrogens (tertiary/aromatic N) is 2. The number of anilines is 2. The van der Waals surface area contributed by atoms with Gasteiger partial charge in [0.1, 0.15) is 23.6 Å². The number of para-hydroxylation sites is 2. The normalized spacial score (nSPS) is 16.0. The minimum Gasteiger partial charge on any atom is -0.363 e. The summed E-state index contributed by atoms with van der Waals surface area (Å²) in [6.45, 7) is 2.00. The van der Waals surface area contributed by atoms with E-state index in [-0.39, 0.29) is 24.6 Å². The second kappa shape index (κ2) is 11.2. The average Bonchev–Trinajstić information content (AvgIpc) is 2.98. The first kappa shape index (κ1) is 25.8. The SMILES string of the molecule is CC(C(=O)NCc1cc(F)cc(F)c1)C(=O)NC1CN(Cc2ccccc2)c2ccccc2N(C)C1=O. The van der Waals surface area contributed by atoms with Gasteiger partial charge in [0.15, 0.2) is 0 Å². The molecule has 3 aromatic carbocycles. The van der Waals surface area contributed by atoms with Crippen molar-refractivity contribution in [3.63, 3.8) is 0 Å². The zero-order chi connectivity index (χ0) is 26.5. The number of nitrogens with one attached hydrogen (secondary N) is 2. The third kappa shape index (κ3) is 6.11. The predicted molar refractivity (Wildman–Crippen MR) is 137 cm³/mol. The van der Waals surface area contributed by atoms with E-state index in [1.165, 1.54) is 11.8 Å². The second-order valence-electron chi connectivity index (χ2n) is 9.03. The lowest BCUT2D eigenvalue weighted by molar-refractivity contribution is -0.136. The third-order valence-electron chi connectivity index (χ3n) is 6.32. The fraction of sp³-hybridized carbons (Fsp3) is 0.250. The third-order valence-corrected chi connectivity index (χ3v) is 6.32. The summed E-state index contributed by atoms with van der Waals surface area (Å²) in [5, 5.41) is 5.25. The number of hydrogen-bond donors (Lipinski definition) is 2. The first-order valence-electron chi connectivity index (χ1n) is 11.9. The van der Waals surface area contributed by atoms with Gasteiger partial charge in [0.2, 0.25) is 11.8 Å².